The van der Waals surface area contributed by atoms with Gasteiger partial charge in [-0.25, -0.2) is 0 Å². The number of ketones is 1. The maximum Gasteiger partial charge on any atom is 0.252 e. The first kappa shape index (κ1) is 23.2. The molecule has 32 heavy (non-hydrogen) atoms. The highest BCUT2D eigenvalue weighted by molar-refractivity contribution is 6.02. The van der Waals surface area contributed by atoms with E-state index in [4.69, 9.17) is 15.6 Å². The molecule has 6 nitrogen and oxygen atoms in total. The van der Waals surface area contributed by atoms with Crippen LogP contribution in [0.2, 0.25) is 0 Å². The monoisotopic (exact) mass is 432 g/mol. The van der Waals surface area contributed by atoms with E-state index in [2.05, 4.69) is 4.90 Å². The number of aliphatic hydroxyl groups is 1. The van der Waals surface area contributed by atoms with Crippen molar-refractivity contribution in [3.8, 4) is 5.75 Å². The fourth-order valence-electron chi connectivity index (χ4n) is 3.41. The highest BCUT2D eigenvalue weighted by Gasteiger charge is 2.17. The molecule has 3 aromatic carbocycles. The summed E-state index contributed by atoms with van der Waals surface area (Å²) >= 11 is 0. The Morgan fingerprint density at radius 2 is 1.47 bits per heavy atom. The summed E-state index contributed by atoms with van der Waals surface area (Å²) in [6, 6.07) is 24.7. The largest absolute Gasteiger partial charge is 0.493 e. The topological polar surface area (TPSA) is 92.9 Å². The number of carbonyl (C=O) groups is 2. The fraction of sp³-hybridized carbons (Fsp3) is 0.231. The summed E-state index contributed by atoms with van der Waals surface area (Å²) < 4.78 is 5.53. The first-order valence-corrected chi connectivity index (χ1v) is 10.6. The Bertz CT molecular complexity index is 981. The van der Waals surface area contributed by atoms with E-state index in [-0.39, 0.29) is 31.1 Å². The van der Waals surface area contributed by atoms with Crippen LogP contribution in [0.5, 0.6) is 5.75 Å². The molecule has 0 saturated carbocycles. The average Bonchev–Trinajstić information content (AvgIpc) is 2.80. The molecule has 3 rings (SSSR count). The van der Waals surface area contributed by atoms with Crippen LogP contribution in [0.15, 0.2) is 78.9 Å². The molecular formula is C26H28N2O4. The molecule has 1 amide bonds. The minimum atomic E-state index is -0.663. The predicted octanol–water partition coefficient (Wildman–Crippen LogP) is 3.43. The van der Waals surface area contributed by atoms with Crippen LogP contribution in [0.3, 0.4) is 0 Å². The number of nitrogens with two attached hydrogens (primary N) is 1. The van der Waals surface area contributed by atoms with E-state index >= 15 is 0 Å². The van der Waals surface area contributed by atoms with Gasteiger partial charge in [0.05, 0.1) is 18.7 Å². The van der Waals surface area contributed by atoms with E-state index in [0.29, 0.717) is 30.8 Å². The second-order valence-electron chi connectivity index (χ2n) is 7.54. The average molecular weight is 433 g/mol. The van der Waals surface area contributed by atoms with Crippen molar-refractivity contribution in [3.63, 3.8) is 0 Å². The van der Waals surface area contributed by atoms with Crippen molar-refractivity contribution in [1.82, 2.24) is 4.90 Å². The molecule has 0 atom stereocenters. The molecule has 3 N–H and O–H groups in total. The number of benzene rings is 3. The number of nitrogens with zero attached hydrogens (tertiary/aromatic N) is 1. The summed E-state index contributed by atoms with van der Waals surface area (Å²) in [5.74, 6) is -0.460. The van der Waals surface area contributed by atoms with Crippen molar-refractivity contribution in [2.75, 3.05) is 19.8 Å². The number of amides is 1. The molecule has 0 heterocycles. The minimum Gasteiger partial charge on any atom is -0.493 e. The minimum absolute atomic E-state index is 0.0128. The molecule has 3 aromatic rings. The highest BCUT2D eigenvalue weighted by atomic mass is 16.5. The second-order valence-corrected chi connectivity index (χ2v) is 7.54. The maximum absolute atomic E-state index is 13.1. The van der Waals surface area contributed by atoms with Crippen LogP contribution in [-0.2, 0) is 13.1 Å². The van der Waals surface area contributed by atoms with Crippen LogP contribution >= 0.6 is 0 Å². The Balaban J connectivity index is 1.78. The van der Waals surface area contributed by atoms with Crippen molar-refractivity contribution < 1.29 is 19.4 Å². The number of rotatable bonds is 12. The van der Waals surface area contributed by atoms with Gasteiger partial charge in [-0.1, -0.05) is 60.7 Å². The Labute approximate surface area is 188 Å². The lowest BCUT2D eigenvalue weighted by Crippen LogP contribution is -2.29. The van der Waals surface area contributed by atoms with Crippen LogP contribution in [0.1, 0.15) is 38.3 Å². The zero-order valence-electron chi connectivity index (χ0n) is 17.9. The summed E-state index contributed by atoms with van der Waals surface area (Å²) in [5.41, 5.74) is 8.29. The Morgan fingerprint density at radius 3 is 2.00 bits per heavy atom. The third-order valence-electron chi connectivity index (χ3n) is 4.99. The van der Waals surface area contributed by atoms with Gasteiger partial charge in [-0.05, 0) is 29.3 Å². The standard InChI is InChI=1S/C26H28N2O4/c27-26(31)23-16-22(12-13-25(23)32-15-7-14-29)24(30)19-28(17-20-8-3-1-4-9-20)18-21-10-5-2-6-11-21/h1-6,8-13,16,29H,7,14-15,17-19H2,(H2,27,31). The third-order valence-corrected chi connectivity index (χ3v) is 4.99. The molecule has 0 aliphatic heterocycles. The number of primary amides is 1. The fourth-order valence-corrected chi connectivity index (χ4v) is 3.41. The number of Topliss-reactive ketones (excluding diaryl/α,β-unsaturated/α-hetero) is 1. The first-order chi connectivity index (χ1) is 15.6. The van der Waals surface area contributed by atoms with Gasteiger partial charge >= 0.3 is 0 Å². The van der Waals surface area contributed by atoms with Gasteiger partial charge in [0.25, 0.3) is 5.91 Å². The van der Waals surface area contributed by atoms with E-state index < -0.39 is 5.91 Å². The molecule has 0 aromatic heterocycles. The normalized spacial score (nSPS) is 10.8. The molecule has 0 unspecified atom stereocenters. The lowest BCUT2D eigenvalue weighted by atomic mass is 10.0. The molecular weight excluding hydrogens is 404 g/mol. The van der Waals surface area contributed by atoms with Crippen molar-refractivity contribution in [2.24, 2.45) is 5.73 Å². The Hall–Kier alpha value is -3.48. The van der Waals surface area contributed by atoms with Crippen LogP contribution < -0.4 is 10.5 Å². The SMILES string of the molecule is NC(=O)c1cc(C(=O)CN(Cc2ccccc2)Cc2ccccc2)ccc1OCCCO. The number of hydrogen-bond acceptors (Lipinski definition) is 5. The highest BCUT2D eigenvalue weighted by Crippen LogP contribution is 2.21. The van der Waals surface area contributed by atoms with Gasteiger partial charge in [0.15, 0.2) is 5.78 Å². The molecule has 0 fully saturated rings. The van der Waals surface area contributed by atoms with E-state index in [9.17, 15) is 9.59 Å². The van der Waals surface area contributed by atoms with Crippen LogP contribution in [0, 0.1) is 0 Å². The zero-order chi connectivity index (χ0) is 22.8. The van der Waals surface area contributed by atoms with Gasteiger partial charge in [0, 0.05) is 31.7 Å². The van der Waals surface area contributed by atoms with E-state index in [1.54, 1.807) is 12.1 Å². The molecule has 166 valence electrons. The number of aliphatic hydroxyl groups excluding tert-OH is 1. The second kappa shape index (κ2) is 11.8. The van der Waals surface area contributed by atoms with Crippen LogP contribution in [0.4, 0.5) is 0 Å². The number of hydrogen-bond donors (Lipinski definition) is 2. The van der Waals surface area contributed by atoms with Crippen LogP contribution in [-0.4, -0.2) is 41.5 Å². The predicted molar refractivity (Wildman–Crippen MR) is 123 cm³/mol. The van der Waals surface area contributed by atoms with Gasteiger partial charge in [-0.3, -0.25) is 14.5 Å². The maximum atomic E-state index is 13.1. The Kier molecular flexibility index (Phi) is 8.54. The smallest absolute Gasteiger partial charge is 0.252 e. The molecule has 6 heteroatoms. The van der Waals surface area contributed by atoms with Gasteiger partial charge in [0.2, 0.25) is 0 Å². The number of carbonyl (C=O) groups excluding carboxylic acids is 2. The van der Waals surface area contributed by atoms with Crippen molar-refractivity contribution >= 4 is 11.7 Å². The molecule has 0 radical (unpaired) electrons. The summed E-state index contributed by atoms with van der Waals surface area (Å²) in [5, 5.41) is 8.91. The first-order valence-electron chi connectivity index (χ1n) is 10.6. The molecule has 0 saturated heterocycles. The van der Waals surface area contributed by atoms with Gasteiger partial charge in [-0.15, -0.1) is 0 Å². The van der Waals surface area contributed by atoms with Gasteiger partial charge in [-0.2, -0.15) is 0 Å². The van der Waals surface area contributed by atoms with Crippen molar-refractivity contribution in [2.45, 2.75) is 19.5 Å². The lowest BCUT2D eigenvalue weighted by molar-refractivity contribution is 0.0920. The van der Waals surface area contributed by atoms with E-state index in [0.717, 1.165) is 11.1 Å². The molecule has 0 aliphatic rings. The zero-order valence-corrected chi connectivity index (χ0v) is 17.9. The third kappa shape index (κ3) is 6.77. The summed E-state index contributed by atoms with van der Waals surface area (Å²) in [4.78, 5) is 27.1. The molecule has 0 bridgehead atoms. The number of ether oxygens (including phenoxy) is 1. The lowest BCUT2D eigenvalue weighted by Gasteiger charge is -2.22. The van der Waals surface area contributed by atoms with E-state index in [1.807, 2.05) is 60.7 Å². The van der Waals surface area contributed by atoms with Crippen molar-refractivity contribution in [1.29, 1.82) is 0 Å². The van der Waals surface area contributed by atoms with Gasteiger partial charge < -0.3 is 15.6 Å². The van der Waals surface area contributed by atoms with Gasteiger partial charge in [0.1, 0.15) is 5.75 Å². The Morgan fingerprint density at radius 1 is 0.875 bits per heavy atom. The quantitative estimate of drug-likeness (QED) is 0.338. The van der Waals surface area contributed by atoms with Crippen LogP contribution in [0.25, 0.3) is 0 Å². The summed E-state index contributed by atoms with van der Waals surface area (Å²) in [6.45, 7) is 1.67. The molecule has 0 spiro atoms. The summed E-state index contributed by atoms with van der Waals surface area (Å²) in [6.07, 6.45) is 0.437. The summed E-state index contributed by atoms with van der Waals surface area (Å²) in [7, 11) is 0. The van der Waals surface area contributed by atoms with Crippen molar-refractivity contribution in [3.05, 3.63) is 101 Å². The van der Waals surface area contributed by atoms with E-state index in [1.165, 1.54) is 6.07 Å². The molecule has 0 aliphatic carbocycles.